The average molecular weight is 995 g/mol. The third kappa shape index (κ3) is 7.92. The molecule has 4 unspecified atom stereocenters. The molecule has 4 aromatic carbocycles. The molecule has 4 aliphatic rings. The van der Waals surface area contributed by atoms with Crippen molar-refractivity contribution in [2.24, 2.45) is 0 Å². The number of fused-ring (bicyclic) bond motifs is 3. The molecule has 4 atom stereocenters. The molecule has 0 bridgehead atoms. The van der Waals surface area contributed by atoms with Crippen molar-refractivity contribution in [2.75, 3.05) is 0 Å². The fraction of sp³-hybridized carbons (Fsp3) is 0.500. The zero-order valence-corrected chi connectivity index (χ0v) is 44.0. The number of hydrogen-bond donors (Lipinski definition) is 0. The molecule has 0 radical (unpaired) electrons. The van der Waals surface area contributed by atoms with Crippen LogP contribution in [-0.2, 0) is 41.6 Å². The van der Waals surface area contributed by atoms with Crippen molar-refractivity contribution in [1.29, 1.82) is 0 Å². The molecule has 4 aromatic rings. The molecule has 1 saturated heterocycles. The summed E-state index contributed by atoms with van der Waals surface area (Å²) >= 11 is -3.33. The molecule has 0 amide bonds. The molecule has 3 aliphatic carbocycles. The molecule has 0 spiro atoms. The number of halogens is 2. The Bertz CT molecular complexity index is 2060. The van der Waals surface area contributed by atoms with Crippen molar-refractivity contribution in [3.8, 4) is 22.3 Å². The standard InChI is InChI=1S/2C25H31.C6H10.2ClH.Hf/c2*1-8-17-12-18-10-9-11-22(23(18)13-17)19-14-20(24(2,3)4)16-21(15-19)25(5,6)7;1-2-4-6-5-3-1;;;/h2*9-16H,8H2,1-7H3;1-2H,3-6H2;2*1H;/q;;;;;+2/p-2. The van der Waals surface area contributed by atoms with Crippen LogP contribution in [0.15, 0.2) is 83.9 Å². The molecule has 2 fully saturated rings. The molecule has 59 heavy (non-hydrogen) atoms. The topological polar surface area (TPSA) is 0 Å². The average Bonchev–Trinajstić information content (AvgIpc) is 3.42. The molecule has 0 N–H and O–H groups in total. The number of allylic oxidation sites excluding steroid dienone is 2. The minimum atomic E-state index is -3.33. The van der Waals surface area contributed by atoms with Crippen LogP contribution >= 0.6 is 0 Å². The van der Waals surface area contributed by atoms with E-state index in [4.69, 9.17) is 0 Å². The van der Waals surface area contributed by atoms with Crippen LogP contribution < -0.4 is 24.8 Å². The smallest absolute Gasteiger partial charge is 1.00 e. The zero-order chi connectivity index (χ0) is 41.0. The fourth-order valence-corrected chi connectivity index (χ4v) is 47.6. The van der Waals surface area contributed by atoms with E-state index < -0.39 is 20.0 Å². The van der Waals surface area contributed by atoms with Gasteiger partial charge in [-0.2, -0.15) is 0 Å². The van der Waals surface area contributed by atoms with Crippen LogP contribution in [-0.4, -0.2) is 0 Å². The Morgan fingerprint density at radius 3 is 1.08 bits per heavy atom. The summed E-state index contributed by atoms with van der Waals surface area (Å²) in [5.74, 6) is 0. The Kier molecular flexibility index (Phi) is 12.7. The van der Waals surface area contributed by atoms with Crippen molar-refractivity contribution in [3.63, 3.8) is 0 Å². The predicted octanol–water partition coefficient (Wildman–Crippen LogP) is 10.9. The monoisotopic (exact) mass is 994 g/mol. The first kappa shape index (κ1) is 46.3. The second-order valence-corrected chi connectivity index (χ2v) is 39.4. The Morgan fingerprint density at radius 1 is 0.475 bits per heavy atom. The van der Waals surface area contributed by atoms with Gasteiger partial charge in [0.2, 0.25) is 0 Å². The number of rotatable bonds is 6. The predicted molar refractivity (Wildman–Crippen MR) is 247 cm³/mol. The van der Waals surface area contributed by atoms with Crippen LogP contribution in [0.1, 0.15) is 187 Å². The van der Waals surface area contributed by atoms with Crippen molar-refractivity contribution >= 4 is 12.2 Å². The molecule has 1 aliphatic heterocycles. The SMILES string of the molecule is CCC1=Cc2c(-c3cc(C(C)(C)C)cc(C(C)(C)C)c3)cccc2[CH]1[Hf+2]1([CH]2C(CC)=Cc3c(-c4cc(C(C)(C)C)cc(C(C)(C)C)c4)cccc32)[CH]2CCCC[CH]21.[Cl-].[Cl-]. The maximum Gasteiger partial charge on any atom is -1.00 e. The van der Waals surface area contributed by atoms with E-state index in [-0.39, 0.29) is 46.5 Å². The van der Waals surface area contributed by atoms with E-state index in [0.717, 1.165) is 20.2 Å². The van der Waals surface area contributed by atoms with E-state index >= 15 is 0 Å². The van der Waals surface area contributed by atoms with E-state index in [1.165, 1.54) is 70.2 Å². The van der Waals surface area contributed by atoms with Gasteiger partial charge in [0, 0.05) is 0 Å². The summed E-state index contributed by atoms with van der Waals surface area (Å²) in [5.41, 5.74) is 21.9. The summed E-state index contributed by atoms with van der Waals surface area (Å²) in [6, 6.07) is 30.1. The van der Waals surface area contributed by atoms with Gasteiger partial charge in [-0.1, -0.05) is 0 Å². The van der Waals surface area contributed by atoms with Gasteiger partial charge in [0.15, 0.2) is 0 Å². The second kappa shape index (κ2) is 16.2. The van der Waals surface area contributed by atoms with E-state index in [9.17, 15) is 0 Å². The van der Waals surface area contributed by atoms with Gasteiger partial charge in [-0.05, 0) is 0 Å². The van der Waals surface area contributed by atoms with E-state index in [1.54, 1.807) is 33.4 Å². The third-order valence-electron chi connectivity index (χ3n) is 15.0. The molecule has 1 saturated carbocycles. The first-order chi connectivity index (χ1) is 26.7. The third-order valence-corrected chi connectivity index (χ3v) is 39.9. The van der Waals surface area contributed by atoms with Gasteiger partial charge in [0.05, 0.1) is 0 Å². The summed E-state index contributed by atoms with van der Waals surface area (Å²) in [6.07, 6.45) is 13.6. The van der Waals surface area contributed by atoms with Gasteiger partial charge in [0.25, 0.3) is 0 Å². The summed E-state index contributed by atoms with van der Waals surface area (Å²) in [6.45, 7) is 33.5. The summed E-state index contributed by atoms with van der Waals surface area (Å²) in [5, 5.41) is 0. The Labute approximate surface area is 376 Å². The Balaban J connectivity index is 0.00000293. The van der Waals surface area contributed by atoms with Crippen LogP contribution in [0.25, 0.3) is 34.4 Å². The Morgan fingerprint density at radius 2 is 0.797 bits per heavy atom. The quantitative estimate of drug-likeness (QED) is 0.169. The van der Waals surface area contributed by atoms with Crippen LogP contribution in [0, 0.1) is 0 Å². The first-order valence-electron chi connectivity index (χ1n) is 22.7. The number of hydrogen-bond acceptors (Lipinski definition) is 0. The summed E-state index contributed by atoms with van der Waals surface area (Å²) < 4.78 is 3.32. The molecule has 8 rings (SSSR count). The van der Waals surface area contributed by atoms with Gasteiger partial charge in [0.1, 0.15) is 0 Å². The van der Waals surface area contributed by atoms with Gasteiger partial charge >= 0.3 is 355 Å². The minimum absolute atomic E-state index is 0. The second-order valence-electron chi connectivity index (χ2n) is 22.7. The fourth-order valence-electron chi connectivity index (χ4n) is 11.8. The van der Waals surface area contributed by atoms with Gasteiger partial charge in [-0.15, -0.1) is 0 Å². The summed E-state index contributed by atoms with van der Waals surface area (Å²) in [7, 11) is 0. The molecule has 0 aromatic heterocycles. The molecule has 0 nitrogen and oxygen atoms in total. The normalized spacial score (nSPS) is 22.5. The molecular weight excluding hydrogens is 922 g/mol. The van der Waals surface area contributed by atoms with Crippen molar-refractivity contribution in [2.45, 2.75) is 172 Å². The molecule has 314 valence electrons. The zero-order valence-electron chi connectivity index (χ0n) is 38.9. The van der Waals surface area contributed by atoms with E-state index in [1.807, 2.05) is 0 Å². The molecule has 3 heteroatoms. The Hall–Kier alpha value is -2.19. The van der Waals surface area contributed by atoms with Crippen LogP contribution in [0.5, 0.6) is 0 Å². The van der Waals surface area contributed by atoms with Crippen LogP contribution in [0.4, 0.5) is 0 Å². The van der Waals surface area contributed by atoms with E-state index in [2.05, 4.69) is 182 Å². The van der Waals surface area contributed by atoms with Gasteiger partial charge < -0.3 is 24.8 Å². The maximum absolute atomic E-state index is 3.33. The largest absolute Gasteiger partial charge is 1.00 e. The maximum atomic E-state index is 2.73. The van der Waals surface area contributed by atoms with Crippen LogP contribution in [0.3, 0.4) is 0 Å². The molecular formula is C56H72Cl2Hf. The van der Waals surface area contributed by atoms with Crippen molar-refractivity contribution in [1.82, 2.24) is 0 Å². The minimum Gasteiger partial charge on any atom is -1.00 e. The summed E-state index contributed by atoms with van der Waals surface area (Å²) in [4.78, 5) is 0. The van der Waals surface area contributed by atoms with E-state index in [0.29, 0.717) is 7.35 Å². The van der Waals surface area contributed by atoms with Crippen molar-refractivity contribution in [3.05, 3.63) is 128 Å². The van der Waals surface area contributed by atoms with Crippen LogP contribution in [0.2, 0.25) is 7.35 Å². The first-order valence-corrected chi connectivity index (χ1v) is 31.0. The van der Waals surface area contributed by atoms with Gasteiger partial charge in [-0.25, -0.2) is 0 Å². The van der Waals surface area contributed by atoms with Crippen molar-refractivity contribution < 1.29 is 44.8 Å². The van der Waals surface area contributed by atoms with Gasteiger partial charge in [-0.3, -0.25) is 0 Å². The molecule has 1 heterocycles. The number of benzene rings is 4.